The zero-order valence-electron chi connectivity index (χ0n) is 12.9. The van der Waals surface area contributed by atoms with Crippen molar-refractivity contribution >= 4 is 11.7 Å². The van der Waals surface area contributed by atoms with Crippen LogP contribution in [0.5, 0.6) is 17.2 Å². The number of aryl methyl sites for hydroxylation is 1. The molecule has 0 atom stereocenters. The minimum absolute atomic E-state index is 0.0344. The number of benzene rings is 2. The molecule has 2 rings (SSSR count). The molecule has 0 aliphatic carbocycles. The third kappa shape index (κ3) is 3.76. The Hall–Kier alpha value is -3.09. The van der Waals surface area contributed by atoms with Crippen molar-refractivity contribution in [2.24, 2.45) is 0 Å². The summed E-state index contributed by atoms with van der Waals surface area (Å²) in [5.41, 5.74) is 0.619. The van der Waals surface area contributed by atoms with Gasteiger partial charge < -0.3 is 14.2 Å². The highest BCUT2D eigenvalue weighted by atomic mass is 16.6. The maximum Gasteiger partial charge on any atom is 0.343 e. The van der Waals surface area contributed by atoms with Crippen LogP contribution in [0.15, 0.2) is 36.4 Å². The van der Waals surface area contributed by atoms with Crippen LogP contribution in [0.25, 0.3) is 0 Å². The van der Waals surface area contributed by atoms with Crippen LogP contribution >= 0.6 is 0 Å². The van der Waals surface area contributed by atoms with Gasteiger partial charge in [0, 0.05) is 17.7 Å². The predicted molar refractivity (Wildman–Crippen MR) is 82.3 cm³/mol. The Morgan fingerprint density at radius 1 is 1.00 bits per heavy atom. The van der Waals surface area contributed by atoms with Crippen LogP contribution in [0.1, 0.15) is 15.9 Å². The van der Waals surface area contributed by atoms with Crippen molar-refractivity contribution in [3.63, 3.8) is 0 Å². The van der Waals surface area contributed by atoms with Crippen molar-refractivity contribution < 1.29 is 23.9 Å². The van der Waals surface area contributed by atoms with Crippen LogP contribution in [0.3, 0.4) is 0 Å². The Kier molecular flexibility index (Phi) is 4.80. The molecule has 2 aromatic rings. The van der Waals surface area contributed by atoms with Crippen LogP contribution in [-0.4, -0.2) is 25.1 Å². The van der Waals surface area contributed by atoms with Gasteiger partial charge in [0.25, 0.3) is 5.69 Å². The van der Waals surface area contributed by atoms with Crippen molar-refractivity contribution in [3.05, 3.63) is 57.6 Å². The number of nitrogens with zero attached hydrogens (tertiary/aromatic N) is 1. The van der Waals surface area contributed by atoms with E-state index in [2.05, 4.69) is 0 Å². The second kappa shape index (κ2) is 6.78. The average Bonchev–Trinajstić information content (AvgIpc) is 2.53. The third-order valence-electron chi connectivity index (χ3n) is 3.16. The van der Waals surface area contributed by atoms with E-state index in [0.29, 0.717) is 17.1 Å². The van der Waals surface area contributed by atoms with Gasteiger partial charge in [0.2, 0.25) is 0 Å². The first-order valence-electron chi connectivity index (χ1n) is 6.65. The number of carbonyl (C=O) groups excluding carboxylic acids is 1. The van der Waals surface area contributed by atoms with Gasteiger partial charge in [-0.25, -0.2) is 4.79 Å². The summed E-state index contributed by atoms with van der Waals surface area (Å²) in [6.07, 6.45) is 0. The van der Waals surface area contributed by atoms with Gasteiger partial charge in [-0.15, -0.1) is 0 Å². The highest BCUT2D eigenvalue weighted by molar-refractivity contribution is 5.92. The minimum Gasteiger partial charge on any atom is -0.497 e. The van der Waals surface area contributed by atoms with Gasteiger partial charge in [-0.1, -0.05) is 0 Å². The summed E-state index contributed by atoms with van der Waals surface area (Å²) >= 11 is 0. The van der Waals surface area contributed by atoms with Crippen LogP contribution < -0.4 is 14.2 Å². The van der Waals surface area contributed by atoms with Gasteiger partial charge in [0.15, 0.2) is 0 Å². The summed E-state index contributed by atoms with van der Waals surface area (Å²) in [4.78, 5) is 22.5. The predicted octanol–water partition coefficient (Wildman–Crippen LogP) is 3.14. The number of nitro groups is 1. The fraction of sp³-hybridized carbons (Fsp3) is 0.188. The SMILES string of the molecule is COc1cc(OC)cc(C(=O)Oc2ccc([N+](=O)[O-])c(C)c2)c1. The van der Waals surface area contributed by atoms with Gasteiger partial charge in [-0.3, -0.25) is 10.1 Å². The lowest BCUT2D eigenvalue weighted by Gasteiger charge is -2.09. The zero-order chi connectivity index (χ0) is 17.0. The summed E-state index contributed by atoms with van der Waals surface area (Å²) in [5, 5.41) is 10.8. The molecule has 0 saturated carbocycles. The third-order valence-corrected chi connectivity index (χ3v) is 3.16. The first kappa shape index (κ1) is 16.3. The number of methoxy groups -OCH3 is 2. The summed E-state index contributed by atoms with van der Waals surface area (Å²) < 4.78 is 15.4. The standard InChI is InChI=1S/C16H15NO6/c1-10-6-12(4-5-15(10)17(19)20)23-16(18)11-7-13(21-2)9-14(8-11)22-3/h4-9H,1-3H3. The van der Waals surface area contributed by atoms with E-state index < -0.39 is 10.9 Å². The summed E-state index contributed by atoms with van der Waals surface area (Å²) in [7, 11) is 2.95. The molecule has 0 saturated heterocycles. The number of carbonyl (C=O) groups is 1. The first-order chi connectivity index (χ1) is 10.9. The molecule has 0 N–H and O–H groups in total. The summed E-state index contributed by atoms with van der Waals surface area (Å²) in [6.45, 7) is 1.57. The molecule has 2 aromatic carbocycles. The van der Waals surface area contributed by atoms with Gasteiger partial charge in [-0.05, 0) is 31.2 Å². The molecule has 120 valence electrons. The smallest absolute Gasteiger partial charge is 0.343 e. The highest BCUT2D eigenvalue weighted by Crippen LogP contribution is 2.26. The lowest BCUT2D eigenvalue weighted by atomic mass is 10.2. The van der Waals surface area contributed by atoms with Gasteiger partial charge in [0.05, 0.1) is 24.7 Å². The van der Waals surface area contributed by atoms with E-state index >= 15 is 0 Å². The molecule has 0 aliphatic rings. The number of hydrogen-bond acceptors (Lipinski definition) is 6. The summed E-state index contributed by atoms with van der Waals surface area (Å²) in [5.74, 6) is 0.516. The molecule has 0 heterocycles. The van der Waals surface area contributed by atoms with Crippen molar-refractivity contribution in [2.45, 2.75) is 6.92 Å². The molecule has 0 aromatic heterocycles. The topological polar surface area (TPSA) is 87.9 Å². The molecular formula is C16H15NO6. The van der Waals surface area contributed by atoms with E-state index in [1.807, 2.05) is 0 Å². The molecule has 0 amide bonds. The molecule has 0 unspecified atom stereocenters. The van der Waals surface area contributed by atoms with Gasteiger partial charge in [0.1, 0.15) is 17.2 Å². The molecule has 0 bridgehead atoms. The van der Waals surface area contributed by atoms with E-state index in [1.54, 1.807) is 13.0 Å². The fourth-order valence-corrected chi connectivity index (χ4v) is 1.99. The van der Waals surface area contributed by atoms with Crippen molar-refractivity contribution in [2.75, 3.05) is 14.2 Å². The van der Waals surface area contributed by atoms with Crippen LogP contribution in [-0.2, 0) is 0 Å². The van der Waals surface area contributed by atoms with E-state index in [0.717, 1.165) is 0 Å². The van der Waals surface area contributed by atoms with Gasteiger partial charge >= 0.3 is 5.97 Å². The lowest BCUT2D eigenvalue weighted by Crippen LogP contribution is -2.09. The van der Waals surface area contributed by atoms with Crippen LogP contribution in [0, 0.1) is 17.0 Å². The molecule has 23 heavy (non-hydrogen) atoms. The Morgan fingerprint density at radius 3 is 2.09 bits per heavy atom. The molecule has 7 nitrogen and oxygen atoms in total. The minimum atomic E-state index is -0.615. The number of esters is 1. The zero-order valence-corrected chi connectivity index (χ0v) is 12.9. The second-order valence-electron chi connectivity index (χ2n) is 4.70. The Labute approximate surface area is 132 Å². The fourth-order valence-electron chi connectivity index (χ4n) is 1.99. The van der Waals surface area contributed by atoms with Crippen LogP contribution in [0.4, 0.5) is 5.69 Å². The Balaban J connectivity index is 2.25. The lowest BCUT2D eigenvalue weighted by molar-refractivity contribution is -0.385. The maximum atomic E-state index is 12.2. The molecule has 0 fully saturated rings. The van der Waals surface area contributed by atoms with Crippen molar-refractivity contribution in [1.82, 2.24) is 0 Å². The van der Waals surface area contributed by atoms with Crippen LogP contribution in [0.2, 0.25) is 0 Å². The van der Waals surface area contributed by atoms with Crippen molar-refractivity contribution in [1.29, 1.82) is 0 Å². The van der Waals surface area contributed by atoms with E-state index in [-0.39, 0.29) is 17.0 Å². The normalized spacial score (nSPS) is 10.0. The number of hydrogen-bond donors (Lipinski definition) is 0. The second-order valence-corrected chi connectivity index (χ2v) is 4.70. The number of ether oxygens (including phenoxy) is 3. The van der Waals surface area contributed by atoms with Crippen molar-refractivity contribution in [3.8, 4) is 17.2 Å². The largest absolute Gasteiger partial charge is 0.497 e. The molecule has 0 spiro atoms. The van der Waals surface area contributed by atoms with Gasteiger partial charge in [-0.2, -0.15) is 0 Å². The highest BCUT2D eigenvalue weighted by Gasteiger charge is 2.15. The monoisotopic (exact) mass is 317 g/mol. The Bertz CT molecular complexity index is 734. The quantitative estimate of drug-likeness (QED) is 0.364. The molecule has 7 heteroatoms. The molecule has 0 aliphatic heterocycles. The van der Waals surface area contributed by atoms with E-state index in [4.69, 9.17) is 14.2 Å². The average molecular weight is 317 g/mol. The maximum absolute atomic E-state index is 12.2. The van der Waals surface area contributed by atoms with E-state index in [9.17, 15) is 14.9 Å². The number of nitro benzene ring substituents is 1. The Morgan fingerprint density at radius 2 is 1.61 bits per heavy atom. The first-order valence-corrected chi connectivity index (χ1v) is 6.65. The van der Waals surface area contributed by atoms with E-state index in [1.165, 1.54) is 44.6 Å². The molecular weight excluding hydrogens is 302 g/mol. The molecule has 0 radical (unpaired) electrons. The summed E-state index contributed by atoms with van der Waals surface area (Å²) in [6, 6.07) is 8.77. The number of rotatable bonds is 5.